The summed E-state index contributed by atoms with van der Waals surface area (Å²) >= 11 is 0. The molecular weight excluding hydrogens is 196 g/mol. The molecule has 0 bridgehead atoms. The summed E-state index contributed by atoms with van der Waals surface area (Å²) in [5, 5.41) is 2.38. The Bertz CT molecular complexity index is 201. The summed E-state index contributed by atoms with van der Waals surface area (Å²) in [7, 11) is 1.27. The van der Waals surface area contributed by atoms with Gasteiger partial charge in [0.05, 0.1) is 7.11 Å². The Kier molecular flexibility index (Phi) is 7.40. The van der Waals surface area contributed by atoms with Crippen molar-refractivity contribution in [3.63, 3.8) is 0 Å². The fraction of sp³-hybridized carbons (Fsp3) is 0.800. The van der Waals surface area contributed by atoms with Crippen LogP contribution in [0, 0.1) is 0 Å². The monoisotopic (exact) mass is 216 g/mol. The van der Waals surface area contributed by atoms with E-state index in [1.54, 1.807) is 4.90 Å². The summed E-state index contributed by atoms with van der Waals surface area (Å²) in [5.74, 6) is -0.0656. The van der Waals surface area contributed by atoms with Crippen LogP contribution < -0.4 is 5.32 Å². The molecule has 0 heterocycles. The highest BCUT2D eigenvalue weighted by molar-refractivity contribution is 5.82. The molecule has 0 aliphatic heterocycles. The Balaban J connectivity index is 3.96. The van der Waals surface area contributed by atoms with E-state index in [4.69, 9.17) is 0 Å². The Hall–Kier alpha value is -1.26. The van der Waals surface area contributed by atoms with E-state index < -0.39 is 6.09 Å². The number of alkyl carbamates (subject to hydrolysis) is 1. The standard InChI is InChI=1S/C10H20N2O3/c1-4-6-12(7-5-2)9(13)8-11-10(14)15-3/h4-8H2,1-3H3,(H,11,14). The fourth-order valence-electron chi connectivity index (χ4n) is 1.23. The maximum atomic E-state index is 11.6. The van der Waals surface area contributed by atoms with Gasteiger partial charge in [-0.05, 0) is 12.8 Å². The van der Waals surface area contributed by atoms with Gasteiger partial charge in [-0.2, -0.15) is 0 Å². The summed E-state index contributed by atoms with van der Waals surface area (Å²) in [6, 6.07) is 0. The second kappa shape index (κ2) is 8.08. The van der Waals surface area contributed by atoms with E-state index in [2.05, 4.69) is 10.1 Å². The maximum Gasteiger partial charge on any atom is 0.407 e. The molecule has 2 amide bonds. The number of amides is 2. The average Bonchev–Trinajstić information content (AvgIpc) is 2.25. The van der Waals surface area contributed by atoms with Crippen molar-refractivity contribution in [2.45, 2.75) is 26.7 Å². The molecule has 0 aromatic rings. The second-order valence-electron chi connectivity index (χ2n) is 3.23. The largest absolute Gasteiger partial charge is 0.453 e. The van der Waals surface area contributed by atoms with Gasteiger partial charge < -0.3 is 15.0 Å². The van der Waals surface area contributed by atoms with Crippen LogP contribution >= 0.6 is 0 Å². The molecule has 0 aromatic carbocycles. The van der Waals surface area contributed by atoms with E-state index in [0.29, 0.717) is 0 Å². The fourth-order valence-corrected chi connectivity index (χ4v) is 1.23. The van der Waals surface area contributed by atoms with Crippen LogP contribution in [0.25, 0.3) is 0 Å². The summed E-state index contributed by atoms with van der Waals surface area (Å²) in [6.07, 6.45) is 1.27. The zero-order valence-corrected chi connectivity index (χ0v) is 9.71. The Morgan fingerprint density at radius 3 is 2.13 bits per heavy atom. The van der Waals surface area contributed by atoms with Crippen molar-refractivity contribution in [1.82, 2.24) is 10.2 Å². The van der Waals surface area contributed by atoms with Crippen LogP contribution in [0.2, 0.25) is 0 Å². The summed E-state index contributed by atoms with van der Waals surface area (Å²) in [4.78, 5) is 24.1. The minimum absolute atomic E-state index is 0.00662. The second-order valence-corrected chi connectivity index (χ2v) is 3.23. The van der Waals surface area contributed by atoms with Crippen molar-refractivity contribution in [2.24, 2.45) is 0 Å². The van der Waals surface area contributed by atoms with Gasteiger partial charge in [-0.25, -0.2) is 4.79 Å². The molecule has 0 saturated carbocycles. The van der Waals surface area contributed by atoms with Crippen LogP contribution in [-0.4, -0.2) is 43.6 Å². The van der Waals surface area contributed by atoms with Gasteiger partial charge >= 0.3 is 6.09 Å². The SMILES string of the molecule is CCCN(CCC)C(=O)CNC(=O)OC. The predicted molar refractivity (Wildman–Crippen MR) is 57.6 cm³/mol. The predicted octanol–water partition coefficient (Wildman–Crippen LogP) is 0.991. The molecule has 0 fully saturated rings. The smallest absolute Gasteiger partial charge is 0.407 e. The number of hydrogen-bond donors (Lipinski definition) is 1. The number of rotatable bonds is 6. The van der Waals surface area contributed by atoms with Crippen LogP contribution in [-0.2, 0) is 9.53 Å². The van der Waals surface area contributed by atoms with E-state index in [1.165, 1.54) is 7.11 Å². The Labute approximate surface area is 90.8 Å². The van der Waals surface area contributed by atoms with Crippen molar-refractivity contribution < 1.29 is 14.3 Å². The number of carbonyl (C=O) groups excluding carboxylic acids is 2. The quantitative estimate of drug-likeness (QED) is 0.720. The van der Waals surface area contributed by atoms with Crippen LogP contribution in [0.1, 0.15) is 26.7 Å². The topological polar surface area (TPSA) is 58.6 Å². The molecule has 15 heavy (non-hydrogen) atoms. The van der Waals surface area contributed by atoms with E-state index >= 15 is 0 Å². The third kappa shape index (κ3) is 5.93. The zero-order chi connectivity index (χ0) is 11.7. The number of hydrogen-bond acceptors (Lipinski definition) is 3. The molecule has 5 nitrogen and oxygen atoms in total. The number of ether oxygens (including phenoxy) is 1. The molecule has 0 radical (unpaired) electrons. The first-order valence-corrected chi connectivity index (χ1v) is 5.25. The van der Waals surface area contributed by atoms with Gasteiger partial charge in [-0.15, -0.1) is 0 Å². The van der Waals surface area contributed by atoms with Crippen molar-refractivity contribution in [3.05, 3.63) is 0 Å². The molecule has 0 aliphatic carbocycles. The number of nitrogens with one attached hydrogen (secondary N) is 1. The van der Waals surface area contributed by atoms with Crippen LogP contribution in [0.15, 0.2) is 0 Å². The lowest BCUT2D eigenvalue weighted by atomic mass is 10.3. The van der Waals surface area contributed by atoms with Gasteiger partial charge in [-0.1, -0.05) is 13.8 Å². The molecule has 88 valence electrons. The molecule has 0 aromatic heterocycles. The highest BCUT2D eigenvalue weighted by Crippen LogP contribution is 1.94. The van der Waals surface area contributed by atoms with Gasteiger partial charge in [0, 0.05) is 13.1 Å². The normalized spacial score (nSPS) is 9.53. The third-order valence-corrected chi connectivity index (χ3v) is 1.91. The highest BCUT2D eigenvalue weighted by Gasteiger charge is 2.12. The first-order valence-electron chi connectivity index (χ1n) is 5.25. The van der Waals surface area contributed by atoms with Crippen LogP contribution in [0.5, 0.6) is 0 Å². The lowest BCUT2D eigenvalue weighted by Crippen LogP contribution is -2.40. The molecule has 1 N–H and O–H groups in total. The van der Waals surface area contributed by atoms with Gasteiger partial charge in [0.15, 0.2) is 0 Å². The van der Waals surface area contributed by atoms with Crippen LogP contribution in [0.4, 0.5) is 4.79 Å². The summed E-state index contributed by atoms with van der Waals surface area (Å²) < 4.78 is 4.38. The molecule has 0 spiro atoms. The maximum absolute atomic E-state index is 11.6. The third-order valence-electron chi connectivity index (χ3n) is 1.91. The van der Waals surface area contributed by atoms with E-state index in [0.717, 1.165) is 25.9 Å². The molecule has 5 heteroatoms. The highest BCUT2D eigenvalue weighted by atomic mass is 16.5. The first kappa shape index (κ1) is 13.7. The molecule has 0 rings (SSSR count). The first-order chi connectivity index (χ1) is 7.15. The van der Waals surface area contributed by atoms with Crippen molar-refractivity contribution >= 4 is 12.0 Å². The summed E-state index contributed by atoms with van der Waals surface area (Å²) in [6.45, 7) is 5.51. The van der Waals surface area contributed by atoms with Gasteiger partial charge in [0.2, 0.25) is 5.91 Å². The molecule has 0 saturated heterocycles. The number of methoxy groups -OCH3 is 1. The molecule has 0 aliphatic rings. The minimum Gasteiger partial charge on any atom is -0.453 e. The van der Waals surface area contributed by atoms with Gasteiger partial charge in [0.1, 0.15) is 6.54 Å². The van der Waals surface area contributed by atoms with Gasteiger partial charge in [0.25, 0.3) is 0 Å². The van der Waals surface area contributed by atoms with E-state index in [1.807, 2.05) is 13.8 Å². The Morgan fingerprint density at radius 2 is 1.73 bits per heavy atom. The van der Waals surface area contributed by atoms with Crippen molar-refractivity contribution in [2.75, 3.05) is 26.7 Å². The Morgan fingerprint density at radius 1 is 1.20 bits per heavy atom. The minimum atomic E-state index is -0.573. The zero-order valence-electron chi connectivity index (χ0n) is 9.71. The van der Waals surface area contributed by atoms with Gasteiger partial charge in [-0.3, -0.25) is 4.79 Å². The number of nitrogens with zero attached hydrogens (tertiary/aromatic N) is 1. The lowest BCUT2D eigenvalue weighted by molar-refractivity contribution is -0.130. The molecular formula is C10H20N2O3. The van der Waals surface area contributed by atoms with Crippen molar-refractivity contribution in [1.29, 1.82) is 0 Å². The van der Waals surface area contributed by atoms with Crippen LogP contribution in [0.3, 0.4) is 0 Å². The molecule has 0 atom stereocenters. The molecule has 0 unspecified atom stereocenters. The van der Waals surface area contributed by atoms with E-state index in [9.17, 15) is 9.59 Å². The number of carbonyl (C=O) groups is 2. The summed E-state index contributed by atoms with van der Waals surface area (Å²) in [5.41, 5.74) is 0. The lowest BCUT2D eigenvalue weighted by Gasteiger charge is -2.21. The van der Waals surface area contributed by atoms with E-state index in [-0.39, 0.29) is 12.5 Å². The average molecular weight is 216 g/mol. The van der Waals surface area contributed by atoms with Crippen molar-refractivity contribution in [3.8, 4) is 0 Å².